The topological polar surface area (TPSA) is 61.2 Å². The first kappa shape index (κ1) is 15.0. The van der Waals surface area contributed by atoms with E-state index < -0.39 is 0 Å². The van der Waals surface area contributed by atoms with E-state index in [0.29, 0.717) is 5.75 Å². The Hall–Kier alpha value is -2.43. The molecule has 0 radical (unpaired) electrons. The molecule has 0 aliphatic heterocycles. The van der Waals surface area contributed by atoms with Crippen molar-refractivity contribution in [3.63, 3.8) is 0 Å². The SMILES string of the molecule is CC(=O)COc1cc(C)n(C(C)c2ccncc2)c(=O)c1. The fraction of sp³-hybridized carbons (Fsp3) is 0.312. The van der Waals surface area contributed by atoms with Crippen molar-refractivity contribution >= 4 is 5.78 Å². The van der Waals surface area contributed by atoms with Gasteiger partial charge in [0.2, 0.25) is 0 Å². The van der Waals surface area contributed by atoms with Gasteiger partial charge in [-0.2, -0.15) is 0 Å². The lowest BCUT2D eigenvalue weighted by atomic mass is 10.1. The van der Waals surface area contributed by atoms with Gasteiger partial charge in [0.05, 0.1) is 6.04 Å². The van der Waals surface area contributed by atoms with Gasteiger partial charge in [-0.05, 0) is 44.5 Å². The fourth-order valence-electron chi connectivity index (χ4n) is 2.24. The van der Waals surface area contributed by atoms with Crippen LogP contribution in [0.3, 0.4) is 0 Å². The van der Waals surface area contributed by atoms with Crippen molar-refractivity contribution in [2.75, 3.05) is 6.61 Å². The van der Waals surface area contributed by atoms with Gasteiger partial charge in [-0.3, -0.25) is 14.6 Å². The molecule has 0 bridgehead atoms. The Labute approximate surface area is 123 Å². The molecule has 2 heterocycles. The maximum atomic E-state index is 12.3. The Bertz CT molecular complexity index is 692. The van der Waals surface area contributed by atoms with Crippen LogP contribution in [0.2, 0.25) is 0 Å². The molecule has 0 spiro atoms. The van der Waals surface area contributed by atoms with Gasteiger partial charge < -0.3 is 9.30 Å². The molecule has 5 heteroatoms. The number of ketones is 1. The molecule has 2 aromatic heterocycles. The Morgan fingerprint density at radius 2 is 2.00 bits per heavy atom. The van der Waals surface area contributed by atoms with Gasteiger partial charge in [-0.15, -0.1) is 0 Å². The molecule has 1 atom stereocenters. The van der Waals surface area contributed by atoms with Crippen LogP contribution in [0.4, 0.5) is 0 Å². The lowest BCUT2D eigenvalue weighted by Gasteiger charge is -2.19. The van der Waals surface area contributed by atoms with Crippen molar-refractivity contribution in [1.82, 2.24) is 9.55 Å². The third-order valence-electron chi connectivity index (χ3n) is 3.25. The normalized spacial score (nSPS) is 12.0. The van der Waals surface area contributed by atoms with E-state index in [0.717, 1.165) is 11.3 Å². The van der Waals surface area contributed by atoms with Crippen LogP contribution in [0.5, 0.6) is 5.75 Å². The van der Waals surface area contributed by atoms with Gasteiger partial charge in [0.25, 0.3) is 5.56 Å². The number of ether oxygens (including phenoxy) is 1. The Kier molecular flexibility index (Phi) is 4.52. The lowest BCUT2D eigenvalue weighted by molar-refractivity contribution is -0.118. The molecule has 0 aromatic carbocycles. The minimum Gasteiger partial charge on any atom is -0.486 e. The zero-order chi connectivity index (χ0) is 15.4. The van der Waals surface area contributed by atoms with Crippen LogP contribution in [0, 0.1) is 6.92 Å². The van der Waals surface area contributed by atoms with Crippen molar-refractivity contribution in [3.8, 4) is 5.75 Å². The zero-order valence-corrected chi connectivity index (χ0v) is 12.4. The number of nitrogens with zero attached hydrogens (tertiary/aromatic N) is 2. The van der Waals surface area contributed by atoms with E-state index >= 15 is 0 Å². The summed E-state index contributed by atoms with van der Waals surface area (Å²) < 4.78 is 6.99. The van der Waals surface area contributed by atoms with Gasteiger partial charge in [0, 0.05) is 24.2 Å². The second-order valence-electron chi connectivity index (χ2n) is 4.99. The number of aromatic nitrogens is 2. The fourth-order valence-corrected chi connectivity index (χ4v) is 2.24. The lowest BCUT2D eigenvalue weighted by Crippen LogP contribution is -2.25. The van der Waals surface area contributed by atoms with Crippen molar-refractivity contribution < 1.29 is 9.53 Å². The number of hydrogen-bond donors (Lipinski definition) is 0. The minimum absolute atomic E-state index is 0.0250. The first-order valence-corrected chi connectivity index (χ1v) is 6.74. The molecule has 0 saturated carbocycles. The summed E-state index contributed by atoms with van der Waals surface area (Å²) in [6, 6.07) is 6.85. The highest BCUT2D eigenvalue weighted by molar-refractivity contribution is 5.77. The molecule has 0 N–H and O–H groups in total. The highest BCUT2D eigenvalue weighted by atomic mass is 16.5. The molecule has 2 aromatic rings. The van der Waals surface area contributed by atoms with Crippen molar-refractivity contribution in [1.29, 1.82) is 0 Å². The van der Waals surface area contributed by atoms with Crippen molar-refractivity contribution in [2.45, 2.75) is 26.8 Å². The molecule has 21 heavy (non-hydrogen) atoms. The van der Waals surface area contributed by atoms with E-state index in [9.17, 15) is 9.59 Å². The molecular weight excluding hydrogens is 268 g/mol. The van der Waals surface area contributed by atoms with Gasteiger partial charge in [-0.1, -0.05) is 0 Å². The zero-order valence-electron chi connectivity index (χ0n) is 12.4. The Morgan fingerprint density at radius 1 is 1.33 bits per heavy atom. The first-order chi connectivity index (χ1) is 9.99. The summed E-state index contributed by atoms with van der Waals surface area (Å²) in [4.78, 5) is 27.2. The van der Waals surface area contributed by atoms with E-state index in [1.807, 2.05) is 26.0 Å². The first-order valence-electron chi connectivity index (χ1n) is 6.74. The summed E-state index contributed by atoms with van der Waals surface area (Å²) in [7, 11) is 0. The number of hydrogen-bond acceptors (Lipinski definition) is 4. The summed E-state index contributed by atoms with van der Waals surface area (Å²) in [5, 5.41) is 0. The third kappa shape index (κ3) is 3.56. The average Bonchev–Trinajstić information content (AvgIpc) is 2.45. The van der Waals surface area contributed by atoms with Crippen LogP contribution < -0.4 is 10.3 Å². The monoisotopic (exact) mass is 286 g/mol. The minimum atomic E-state index is -0.155. The Balaban J connectivity index is 2.33. The summed E-state index contributed by atoms with van der Waals surface area (Å²) in [5.74, 6) is 0.341. The summed E-state index contributed by atoms with van der Waals surface area (Å²) in [5.41, 5.74) is 1.64. The van der Waals surface area contributed by atoms with Gasteiger partial charge >= 0.3 is 0 Å². The number of carbonyl (C=O) groups excluding carboxylic acids is 1. The van der Waals surface area contributed by atoms with Crippen LogP contribution in [-0.4, -0.2) is 21.9 Å². The molecule has 0 saturated heterocycles. The predicted octanol–water partition coefficient (Wildman–Crippen LogP) is 2.13. The molecule has 0 amide bonds. The smallest absolute Gasteiger partial charge is 0.254 e. The number of pyridine rings is 2. The van der Waals surface area contributed by atoms with Crippen LogP contribution in [0.25, 0.3) is 0 Å². The molecule has 1 unspecified atom stereocenters. The van der Waals surface area contributed by atoms with Crippen LogP contribution in [-0.2, 0) is 4.79 Å². The van der Waals surface area contributed by atoms with Gasteiger partial charge in [-0.25, -0.2) is 0 Å². The summed E-state index contributed by atoms with van der Waals surface area (Å²) in [6.45, 7) is 5.22. The molecule has 2 rings (SSSR count). The predicted molar refractivity (Wildman–Crippen MR) is 79.7 cm³/mol. The molecule has 110 valence electrons. The maximum Gasteiger partial charge on any atom is 0.254 e. The summed E-state index contributed by atoms with van der Waals surface area (Å²) in [6.07, 6.45) is 3.41. The van der Waals surface area contributed by atoms with Crippen molar-refractivity contribution in [2.24, 2.45) is 0 Å². The standard InChI is InChI=1S/C16H18N2O3/c1-11-8-15(21-10-12(2)19)9-16(20)18(11)13(3)14-4-6-17-7-5-14/h4-9,13H,10H2,1-3H3. The highest BCUT2D eigenvalue weighted by Crippen LogP contribution is 2.19. The number of aryl methyl sites for hydroxylation is 1. The van der Waals surface area contributed by atoms with Crippen molar-refractivity contribution in [3.05, 3.63) is 58.3 Å². The molecule has 5 nitrogen and oxygen atoms in total. The average molecular weight is 286 g/mol. The largest absolute Gasteiger partial charge is 0.486 e. The Morgan fingerprint density at radius 3 is 2.57 bits per heavy atom. The number of rotatable bonds is 5. The van der Waals surface area contributed by atoms with E-state index in [1.165, 1.54) is 13.0 Å². The van der Waals surface area contributed by atoms with Crippen LogP contribution in [0.1, 0.15) is 31.1 Å². The molecule has 0 aliphatic rings. The number of carbonyl (C=O) groups is 1. The maximum absolute atomic E-state index is 12.3. The third-order valence-corrected chi connectivity index (χ3v) is 3.25. The molecular formula is C16H18N2O3. The second kappa shape index (κ2) is 6.35. The van der Waals surface area contributed by atoms with Crippen LogP contribution in [0.15, 0.2) is 41.5 Å². The molecule has 0 aliphatic carbocycles. The van der Waals surface area contributed by atoms with E-state index in [4.69, 9.17) is 4.74 Å². The van der Waals surface area contributed by atoms with Gasteiger partial charge in [0.1, 0.15) is 12.4 Å². The summed E-state index contributed by atoms with van der Waals surface area (Å²) >= 11 is 0. The van der Waals surface area contributed by atoms with E-state index in [2.05, 4.69) is 4.98 Å². The molecule has 0 fully saturated rings. The number of Topliss-reactive ketones (excluding diaryl/α,β-unsaturated/α-hetero) is 1. The van der Waals surface area contributed by atoms with E-state index in [-0.39, 0.29) is 24.0 Å². The van der Waals surface area contributed by atoms with E-state index in [1.54, 1.807) is 23.0 Å². The van der Waals surface area contributed by atoms with Crippen LogP contribution >= 0.6 is 0 Å². The second-order valence-corrected chi connectivity index (χ2v) is 4.99. The highest BCUT2D eigenvalue weighted by Gasteiger charge is 2.13. The van der Waals surface area contributed by atoms with Gasteiger partial charge in [0.15, 0.2) is 5.78 Å². The quantitative estimate of drug-likeness (QED) is 0.844.